The molecule has 4 heterocycles. The first-order valence-corrected chi connectivity index (χ1v) is 11.2. The van der Waals surface area contributed by atoms with Crippen molar-refractivity contribution in [1.82, 2.24) is 29.3 Å². The average molecular weight is 441 g/mol. The molecule has 0 aliphatic carbocycles. The Morgan fingerprint density at radius 1 is 1.03 bits per heavy atom. The monoisotopic (exact) mass is 440 g/mol. The molecule has 1 saturated heterocycles. The predicted octanol–water partition coefficient (Wildman–Crippen LogP) is 3.53. The van der Waals surface area contributed by atoms with E-state index in [0.717, 1.165) is 35.2 Å². The molecule has 8 heteroatoms. The maximum atomic E-state index is 13.4. The number of benzene rings is 2. The Balaban J connectivity index is 1.43. The molecule has 0 unspecified atom stereocenters. The molecule has 8 nitrogen and oxygen atoms in total. The van der Waals surface area contributed by atoms with Crippen LogP contribution in [0.4, 0.5) is 0 Å². The lowest BCUT2D eigenvalue weighted by Gasteiger charge is -2.28. The Morgan fingerprint density at radius 3 is 2.67 bits per heavy atom. The molecular weight excluding hydrogens is 416 g/mol. The van der Waals surface area contributed by atoms with Gasteiger partial charge in [-0.2, -0.15) is 15.3 Å². The number of ether oxygens (including phenoxy) is 1. The SMILES string of the molecule is C[C@H]1CCOC[C@@H]1n1nc2c3ccccc3n(Cc3ccc(-n4cccn4)cc3)nc-2c1=O. The van der Waals surface area contributed by atoms with E-state index >= 15 is 0 Å². The van der Waals surface area contributed by atoms with Crippen molar-refractivity contribution >= 4 is 10.9 Å². The Morgan fingerprint density at radius 2 is 1.88 bits per heavy atom. The van der Waals surface area contributed by atoms with E-state index in [1.54, 1.807) is 10.9 Å². The first-order valence-electron chi connectivity index (χ1n) is 11.2. The van der Waals surface area contributed by atoms with Crippen LogP contribution in [-0.2, 0) is 11.3 Å². The van der Waals surface area contributed by atoms with Gasteiger partial charge >= 0.3 is 0 Å². The van der Waals surface area contributed by atoms with E-state index < -0.39 is 0 Å². The summed E-state index contributed by atoms with van der Waals surface area (Å²) in [7, 11) is 0. The molecule has 1 aromatic heterocycles. The number of para-hydroxylation sites is 1. The summed E-state index contributed by atoms with van der Waals surface area (Å²) in [6.07, 6.45) is 4.59. The van der Waals surface area contributed by atoms with Crippen molar-refractivity contribution < 1.29 is 4.74 Å². The lowest BCUT2D eigenvalue weighted by atomic mass is 9.97. The zero-order chi connectivity index (χ0) is 22.4. The number of rotatable bonds is 4. The molecule has 6 rings (SSSR count). The van der Waals surface area contributed by atoms with E-state index in [9.17, 15) is 4.79 Å². The van der Waals surface area contributed by atoms with E-state index in [1.807, 2.05) is 58.0 Å². The topological polar surface area (TPSA) is 79.8 Å². The first-order chi connectivity index (χ1) is 16.2. The van der Waals surface area contributed by atoms with Crippen LogP contribution in [-0.4, -0.2) is 42.6 Å². The van der Waals surface area contributed by atoms with Crippen LogP contribution in [0, 0.1) is 5.92 Å². The second kappa shape index (κ2) is 7.97. The smallest absolute Gasteiger partial charge is 0.297 e. The van der Waals surface area contributed by atoms with Crippen LogP contribution in [0.5, 0.6) is 0 Å². The number of hydrogen-bond acceptors (Lipinski definition) is 5. The van der Waals surface area contributed by atoms with Gasteiger partial charge in [-0.3, -0.25) is 9.48 Å². The van der Waals surface area contributed by atoms with Crippen LogP contribution in [0.1, 0.15) is 24.9 Å². The van der Waals surface area contributed by atoms with Crippen LogP contribution < -0.4 is 5.56 Å². The highest BCUT2D eigenvalue weighted by molar-refractivity contribution is 5.92. The Hall–Kier alpha value is -3.78. The summed E-state index contributed by atoms with van der Waals surface area (Å²) >= 11 is 0. The Kier molecular flexibility index (Phi) is 4.80. The Bertz CT molecular complexity index is 1430. The molecular formula is C25H24N6O2. The highest BCUT2D eigenvalue weighted by atomic mass is 16.5. The molecule has 3 aliphatic rings. The van der Waals surface area contributed by atoms with Crippen LogP contribution in [0.2, 0.25) is 0 Å². The molecule has 3 aromatic rings. The minimum absolute atomic E-state index is 0.0671. The van der Waals surface area contributed by atoms with E-state index in [-0.39, 0.29) is 11.6 Å². The molecule has 0 saturated carbocycles. The normalized spacial score (nSPS) is 18.8. The molecule has 166 valence electrons. The minimum Gasteiger partial charge on any atom is -0.379 e. The van der Waals surface area contributed by atoms with Gasteiger partial charge in [-0.05, 0) is 42.2 Å². The van der Waals surface area contributed by atoms with Crippen molar-refractivity contribution in [1.29, 1.82) is 0 Å². The first kappa shape index (κ1) is 19.9. The summed E-state index contributed by atoms with van der Waals surface area (Å²) in [4.78, 5) is 13.4. The highest BCUT2D eigenvalue weighted by Gasteiger charge is 2.30. The van der Waals surface area contributed by atoms with Crippen LogP contribution in [0.3, 0.4) is 0 Å². The quantitative estimate of drug-likeness (QED) is 0.427. The predicted molar refractivity (Wildman–Crippen MR) is 125 cm³/mol. The second-order valence-electron chi connectivity index (χ2n) is 8.65. The van der Waals surface area contributed by atoms with Gasteiger partial charge in [0.15, 0.2) is 5.69 Å². The van der Waals surface area contributed by atoms with Gasteiger partial charge < -0.3 is 4.74 Å². The van der Waals surface area contributed by atoms with E-state index in [1.165, 1.54) is 0 Å². The van der Waals surface area contributed by atoms with Crippen LogP contribution >= 0.6 is 0 Å². The minimum atomic E-state index is -0.152. The molecule has 33 heavy (non-hydrogen) atoms. The van der Waals surface area contributed by atoms with E-state index in [2.05, 4.69) is 24.2 Å². The van der Waals surface area contributed by atoms with Crippen LogP contribution in [0.15, 0.2) is 71.8 Å². The van der Waals surface area contributed by atoms with Gasteiger partial charge in [0.1, 0.15) is 5.69 Å². The van der Waals surface area contributed by atoms with E-state index in [4.69, 9.17) is 14.9 Å². The third-order valence-electron chi connectivity index (χ3n) is 6.52. The lowest BCUT2D eigenvalue weighted by molar-refractivity contribution is 0.0227. The summed E-state index contributed by atoms with van der Waals surface area (Å²) < 4.78 is 11.0. The number of hydrogen-bond donors (Lipinski definition) is 0. The van der Waals surface area contributed by atoms with Gasteiger partial charge in [0, 0.05) is 24.4 Å². The molecule has 0 spiro atoms. The third kappa shape index (κ3) is 3.43. The molecule has 1 fully saturated rings. The third-order valence-corrected chi connectivity index (χ3v) is 6.52. The van der Waals surface area contributed by atoms with Crippen molar-refractivity contribution in [3.05, 3.63) is 82.9 Å². The molecule has 0 amide bonds. The fourth-order valence-corrected chi connectivity index (χ4v) is 4.59. The average Bonchev–Trinajstić information content (AvgIpc) is 3.49. The fraction of sp³-hybridized carbons (Fsp3) is 0.280. The standard InChI is InChI=1S/C25H24N6O2/c1-17-11-14-33-16-22(17)31-25(32)24-23(28-31)20-5-2-3-6-21(20)30(27-24)15-18-7-9-19(10-8-18)29-13-4-12-26-29/h2-10,12-13,17,22H,11,14-16H2,1H3/t17-,22-/m0/s1. The number of aromatic nitrogens is 6. The van der Waals surface area contributed by atoms with Gasteiger partial charge in [-0.25, -0.2) is 9.36 Å². The summed E-state index contributed by atoms with van der Waals surface area (Å²) in [5.74, 6) is 0.326. The zero-order valence-electron chi connectivity index (χ0n) is 18.3. The summed E-state index contributed by atoms with van der Waals surface area (Å²) in [6.45, 7) is 3.93. The molecule has 2 aromatic carbocycles. The highest BCUT2D eigenvalue weighted by Crippen LogP contribution is 2.29. The van der Waals surface area contributed by atoms with Gasteiger partial charge in [0.2, 0.25) is 0 Å². The molecule has 2 atom stereocenters. The van der Waals surface area contributed by atoms with Gasteiger partial charge in [-0.15, -0.1) is 0 Å². The van der Waals surface area contributed by atoms with Crippen LogP contribution in [0.25, 0.3) is 28.0 Å². The van der Waals surface area contributed by atoms with Crippen molar-refractivity contribution in [3.8, 4) is 17.1 Å². The van der Waals surface area contributed by atoms with Crippen molar-refractivity contribution in [2.45, 2.75) is 25.9 Å². The maximum absolute atomic E-state index is 13.4. The summed E-state index contributed by atoms with van der Waals surface area (Å²) in [5.41, 5.74) is 3.92. The summed E-state index contributed by atoms with van der Waals surface area (Å²) in [5, 5.41) is 14.7. The Labute approximate surface area is 190 Å². The number of nitrogens with zero attached hydrogens (tertiary/aromatic N) is 6. The van der Waals surface area contributed by atoms with Gasteiger partial charge in [0.05, 0.1) is 30.4 Å². The van der Waals surface area contributed by atoms with Gasteiger partial charge in [-0.1, -0.05) is 37.3 Å². The largest absolute Gasteiger partial charge is 0.379 e. The molecule has 0 bridgehead atoms. The fourth-order valence-electron chi connectivity index (χ4n) is 4.59. The van der Waals surface area contributed by atoms with Crippen molar-refractivity contribution in [3.63, 3.8) is 0 Å². The van der Waals surface area contributed by atoms with Crippen molar-refractivity contribution in [2.24, 2.45) is 5.92 Å². The van der Waals surface area contributed by atoms with E-state index in [0.29, 0.717) is 30.5 Å². The van der Waals surface area contributed by atoms with Gasteiger partial charge in [0.25, 0.3) is 5.56 Å². The molecule has 0 radical (unpaired) electrons. The second-order valence-corrected chi connectivity index (χ2v) is 8.65. The number of fused-ring (bicyclic) bond motifs is 3. The molecule has 0 N–H and O–H groups in total. The van der Waals surface area contributed by atoms with Crippen molar-refractivity contribution in [2.75, 3.05) is 13.2 Å². The lowest BCUT2D eigenvalue weighted by Crippen LogP contribution is -2.34. The summed E-state index contributed by atoms with van der Waals surface area (Å²) in [6, 6.07) is 18.0. The maximum Gasteiger partial charge on any atom is 0.297 e. The zero-order valence-corrected chi connectivity index (χ0v) is 18.3. The molecule has 3 aliphatic heterocycles.